The summed E-state index contributed by atoms with van der Waals surface area (Å²) in [6.45, 7) is 2.50. The molecule has 0 aliphatic carbocycles. The van der Waals surface area contributed by atoms with Crippen molar-refractivity contribution in [3.05, 3.63) is 95.7 Å². The van der Waals surface area contributed by atoms with Crippen LogP contribution in [-0.4, -0.2) is 26.4 Å². The van der Waals surface area contributed by atoms with Gasteiger partial charge in [0.05, 0.1) is 11.4 Å². The van der Waals surface area contributed by atoms with Crippen molar-refractivity contribution >= 4 is 5.69 Å². The van der Waals surface area contributed by atoms with Crippen LogP contribution in [-0.2, 0) is 19.5 Å². The Hall–Kier alpha value is -3.64. The number of pyridine rings is 1. The minimum absolute atomic E-state index is 0.256. The minimum Gasteiger partial charge on any atom is -0.399 e. The average molecular weight is 411 g/mol. The number of hydrogen-bond donors (Lipinski definition) is 1. The van der Waals surface area contributed by atoms with E-state index in [0.717, 1.165) is 60.0 Å². The van der Waals surface area contributed by atoms with E-state index in [0.29, 0.717) is 11.3 Å². The van der Waals surface area contributed by atoms with Gasteiger partial charge in [0.2, 0.25) is 0 Å². The summed E-state index contributed by atoms with van der Waals surface area (Å²) < 4.78 is 14.0. The molecule has 0 saturated carbocycles. The molecule has 5 rings (SSSR count). The van der Waals surface area contributed by atoms with Gasteiger partial charge in [-0.2, -0.15) is 0 Å². The first-order valence-electron chi connectivity index (χ1n) is 10.3. The Labute approximate surface area is 180 Å². The summed E-state index contributed by atoms with van der Waals surface area (Å²) in [5.74, 6) is 0.480. The Morgan fingerprint density at radius 3 is 2.55 bits per heavy atom. The van der Waals surface area contributed by atoms with Gasteiger partial charge in [-0.25, -0.2) is 14.4 Å². The molecule has 0 bridgehead atoms. The number of benzene rings is 2. The van der Waals surface area contributed by atoms with E-state index in [1.807, 2.05) is 54.9 Å². The molecular weight excluding hydrogens is 389 g/mol. The fraction of sp³-hybridized carbons (Fsp3) is 0.160. The molecule has 1 aliphatic heterocycles. The molecule has 0 fully saturated rings. The van der Waals surface area contributed by atoms with E-state index in [1.165, 1.54) is 6.07 Å². The summed E-state index contributed by atoms with van der Waals surface area (Å²) in [5, 5.41) is 0. The van der Waals surface area contributed by atoms with Crippen LogP contribution in [0.1, 0.15) is 16.8 Å². The number of nitrogen functional groups attached to an aromatic ring is 1. The van der Waals surface area contributed by atoms with Crippen LogP contribution >= 0.6 is 0 Å². The van der Waals surface area contributed by atoms with Gasteiger partial charge in [-0.3, -0.25) is 9.88 Å². The Balaban J connectivity index is 1.28. The highest BCUT2D eigenvalue weighted by Gasteiger charge is 2.19. The van der Waals surface area contributed by atoms with Gasteiger partial charge < -0.3 is 5.73 Å². The Kier molecular flexibility index (Phi) is 5.14. The van der Waals surface area contributed by atoms with Gasteiger partial charge in [0, 0.05) is 60.8 Å². The van der Waals surface area contributed by atoms with E-state index in [9.17, 15) is 4.39 Å². The SMILES string of the molecule is Nc1ccc(-c2ncc3c(n2)CCN(Cc2ccc(-c4ccccc4F)nc2)C3)cc1. The van der Waals surface area contributed by atoms with Crippen molar-refractivity contribution < 1.29 is 4.39 Å². The number of rotatable bonds is 4. The van der Waals surface area contributed by atoms with E-state index in [2.05, 4.69) is 14.9 Å². The molecule has 5 nitrogen and oxygen atoms in total. The fourth-order valence-electron chi connectivity index (χ4n) is 3.89. The minimum atomic E-state index is -0.256. The quantitative estimate of drug-likeness (QED) is 0.501. The number of nitrogens with two attached hydrogens (primary N) is 1. The van der Waals surface area contributed by atoms with Crippen molar-refractivity contribution in [2.24, 2.45) is 0 Å². The molecule has 6 heteroatoms. The summed E-state index contributed by atoms with van der Waals surface area (Å²) in [5.41, 5.74) is 12.0. The summed E-state index contributed by atoms with van der Waals surface area (Å²) in [6, 6.07) is 18.2. The molecule has 2 N–H and O–H groups in total. The van der Waals surface area contributed by atoms with Crippen LogP contribution in [0.2, 0.25) is 0 Å². The van der Waals surface area contributed by atoms with Crippen molar-refractivity contribution in [3.8, 4) is 22.6 Å². The number of fused-ring (bicyclic) bond motifs is 1. The molecule has 0 amide bonds. The third kappa shape index (κ3) is 4.15. The monoisotopic (exact) mass is 411 g/mol. The summed E-state index contributed by atoms with van der Waals surface area (Å²) >= 11 is 0. The van der Waals surface area contributed by atoms with Crippen molar-refractivity contribution in [2.75, 3.05) is 12.3 Å². The molecule has 0 saturated heterocycles. The van der Waals surface area contributed by atoms with Gasteiger partial charge in [0.25, 0.3) is 0 Å². The topological polar surface area (TPSA) is 67.9 Å². The largest absolute Gasteiger partial charge is 0.399 e. The second kappa shape index (κ2) is 8.24. The molecule has 31 heavy (non-hydrogen) atoms. The summed E-state index contributed by atoms with van der Waals surface area (Å²) in [4.78, 5) is 16.2. The normalized spacial score (nSPS) is 13.7. The first-order chi connectivity index (χ1) is 15.2. The zero-order valence-corrected chi connectivity index (χ0v) is 17.0. The van der Waals surface area contributed by atoms with E-state index < -0.39 is 0 Å². The first kappa shape index (κ1) is 19.3. The van der Waals surface area contributed by atoms with Gasteiger partial charge in [-0.1, -0.05) is 18.2 Å². The van der Waals surface area contributed by atoms with Crippen LogP contribution in [0.5, 0.6) is 0 Å². The van der Waals surface area contributed by atoms with Crippen LogP contribution in [0.3, 0.4) is 0 Å². The zero-order chi connectivity index (χ0) is 21.2. The second-order valence-corrected chi connectivity index (χ2v) is 7.78. The third-order valence-corrected chi connectivity index (χ3v) is 5.56. The van der Waals surface area contributed by atoms with Crippen molar-refractivity contribution in [1.29, 1.82) is 0 Å². The van der Waals surface area contributed by atoms with Gasteiger partial charge in [0.1, 0.15) is 5.82 Å². The van der Waals surface area contributed by atoms with Crippen LogP contribution in [0, 0.1) is 5.82 Å². The van der Waals surface area contributed by atoms with Gasteiger partial charge in [-0.05, 0) is 48.0 Å². The smallest absolute Gasteiger partial charge is 0.159 e. The highest BCUT2D eigenvalue weighted by molar-refractivity contribution is 5.60. The number of anilines is 1. The lowest BCUT2D eigenvalue weighted by atomic mass is 10.1. The predicted molar refractivity (Wildman–Crippen MR) is 119 cm³/mol. The van der Waals surface area contributed by atoms with Crippen LogP contribution in [0.15, 0.2) is 73.1 Å². The Morgan fingerprint density at radius 2 is 1.77 bits per heavy atom. The molecule has 2 aromatic carbocycles. The molecule has 1 aliphatic rings. The standard InChI is InChI=1S/C25H22FN5/c26-22-4-2-1-3-21(22)24-10-5-17(13-28-24)15-31-12-11-23-19(16-31)14-29-25(30-23)18-6-8-20(27)9-7-18/h1-10,13-14H,11-12,15-16,27H2. The van der Waals surface area contributed by atoms with Crippen LogP contribution < -0.4 is 5.73 Å². The van der Waals surface area contributed by atoms with Gasteiger partial charge in [-0.15, -0.1) is 0 Å². The third-order valence-electron chi connectivity index (χ3n) is 5.56. The summed E-state index contributed by atoms with van der Waals surface area (Å²) in [6.07, 6.45) is 4.64. The van der Waals surface area contributed by atoms with Crippen molar-refractivity contribution in [1.82, 2.24) is 19.9 Å². The maximum Gasteiger partial charge on any atom is 0.159 e. The van der Waals surface area contributed by atoms with E-state index in [4.69, 9.17) is 10.7 Å². The van der Waals surface area contributed by atoms with E-state index in [1.54, 1.807) is 12.1 Å². The second-order valence-electron chi connectivity index (χ2n) is 7.78. The highest BCUT2D eigenvalue weighted by Crippen LogP contribution is 2.24. The average Bonchev–Trinajstić information content (AvgIpc) is 2.80. The molecule has 0 atom stereocenters. The lowest BCUT2D eigenvalue weighted by molar-refractivity contribution is 0.242. The molecule has 4 aromatic rings. The van der Waals surface area contributed by atoms with Gasteiger partial charge >= 0.3 is 0 Å². The number of hydrogen-bond acceptors (Lipinski definition) is 5. The molecule has 0 spiro atoms. The Morgan fingerprint density at radius 1 is 0.935 bits per heavy atom. The molecular formula is C25H22FN5. The fourth-order valence-corrected chi connectivity index (χ4v) is 3.89. The lowest BCUT2D eigenvalue weighted by Crippen LogP contribution is -2.31. The van der Waals surface area contributed by atoms with Crippen molar-refractivity contribution in [2.45, 2.75) is 19.5 Å². The van der Waals surface area contributed by atoms with E-state index in [-0.39, 0.29) is 5.82 Å². The van der Waals surface area contributed by atoms with E-state index >= 15 is 0 Å². The molecule has 154 valence electrons. The molecule has 3 heterocycles. The molecule has 2 aromatic heterocycles. The van der Waals surface area contributed by atoms with Crippen LogP contribution in [0.4, 0.5) is 10.1 Å². The number of nitrogens with zero attached hydrogens (tertiary/aromatic N) is 4. The van der Waals surface area contributed by atoms with Gasteiger partial charge in [0.15, 0.2) is 5.82 Å². The number of halogens is 1. The van der Waals surface area contributed by atoms with Crippen molar-refractivity contribution in [3.63, 3.8) is 0 Å². The lowest BCUT2D eigenvalue weighted by Gasteiger charge is -2.28. The zero-order valence-electron chi connectivity index (χ0n) is 17.0. The number of aromatic nitrogens is 3. The molecule has 0 unspecified atom stereocenters. The molecule has 0 radical (unpaired) electrons. The Bertz CT molecular complexity index is 1210. The first-order valence-corrected chi connectivity index (χ1v) is 10.3. The highest BCUT2D eigenvalue weighted by atomic mass is 19.1. The van der Waals surface area contributed by atoms with Crippen LogP contribution in [0.25, 0.3) is 22.6 Å². The summed E-state index contributed by atoms with van der Waals surface area (Å²) in [7, 11) is 0. The maximum atomic E-state index is 14.0. The maximum absolute atomic E-state index is 14.0. The predicted octanol–water partition coefficient (Wildman–Crippen LogP) is 4.49.